The number of nitrogens with one attached hydrogen (secondary N) is 1. The molecule has 1 amide bonds. The second-order valence-electron chi connectivity index (χ2n) is 7.42. The van der Waals surface area contributed by atoms with Gasteiger partial charge < -0.3 is 15.0 Å². The smallest absolute Gasteiger partial charge is 0.422 e. The first-order valence-electron chi connectivity index (χ1n) is 10.4. The van der Waals surface area contributed by atoms with Crippen LogP contribution < -0.4 is 15.0 Å². The molecule has 2 heterocycles. The molecule has 2 aromatic rings. The molecule has 1 aliphatic heterocycles. The van der Waals surface area contributed by atoms with Crippen molar-refractivity contribution in [1.82, 2.24) is 15.2 Å². The monoisotopic (exact) mass is 436 g/mol. The van der Waals surface area contributed by atoms with Crippen molar-refractivity contribution in [3.05, 3.63) is 54.2 Å². The van der Waals surface area contributed by atoms with E-state index in [1.165, 1.54) is 24.0 Å². The lowest BCUT2D eigenvalue weighted by Crippen LogP contribution is -2.46. The summed E-state index contributed by atoms with van der Waals surface area (Å²) < 4.78 is 40.9. The van der Waals surface area contributed by atoms with Crippen molar-refractivity contribution in [1.29, 1.82) is 0 Å². The van der Waals surface area contributed by atoms with Gasteiger partial charge in [-0.3, -0.25) is 9.69 Å². The van der Waals surface area contributed by atoms with E-state index in [0.717, 1.165) is 45.6 Å². The first kappa shape index (κ1) is 22.9. The Morgan fingerprint density at radius 1 is 1.03 bits per heavy atom. The van der Waals surface area contributed by atoms with E-state index in [1.807, 2.05) is 6.07 Å². The van der Waals surface area contributed by atoms with Gasteiger partial charge in [-0.15, -0.1) is 0 Å². The van der Waals surface area contributed by atoms with Gasteiger partial charge in [0.15, 0.2) is 6.61 Å². The number of nitrogens with zero attached hydrogens (tertiary/aromatic N) is 3. The van der Waals surface area contributed by atoms with Crippen molar-refractivity contribution in [3.8, 4) is 5.88 Å². The summed E-state index contributed by atoms with van der Waals surface area (Å²) in [5, 5.41) is 2.81. The molecule has 1 aliphatic rings. The zero-order valence-electron chi connectivity index (χ0n) is 17.3. The summed E-state index contributed by atoms with van der Waals surface area (Å²) in [6, 6.07) is 13.1. The van der Waals surface area contributed by atoms with Crippen LogP contribution in [0, 0.1) is 0 Å². The molecule has 6 nitrogen and oxygen atoms in total. The average molecular weight is 436 g/mol. The molecule has 0 aliphatic carbocycles. The number of hydrogen-bond donors (Lipinski definition) is 1. The Kier molecular flexibility index (Phi) is 8.11. The lowest BCUT2D eigenvalue weighted by molar-refractivity contribution is -0.154. The molecule has 0 radical (unpaired) electrons. The Hall–Kier alpha value is -2.81. The third kappa shape index (κ3) is 7.75. The second-order valence-corrected chi connectivity index (χ2v) is 7.42. The van der Waals surface area contributed by atoms with E-state index in [-0.39, 0.29) is 17.4 Å². The van der Waals surface area contributed by atoms with Crippen molar-refractivity contribution in [2.75, 3.05) is 50.8 Å². The number of amides is 1. The normalized spacial score (nSPS) is 15.0. The van der Waals surface area contributed by atoms with Crippen LogP contribution in [0.2, 0.25) is 0 Å². The van der Waals surface area contributed by atoms with Gasteiger partial charge in [-0.05, 0) is 37.6 Å². The standard InChI is InChI=1S/C22H27F3N4O2/c23-22(24,25)17-31-20-9-8-18(16-27-20)21(30)26-10-4-5-11-28-12-14-29(15-13-28)19-6-2-1-3-7-19/h1-3,6-9,16H,4-5,10-15,17H2,(H,26,30). The van der Waals surface area contributed by atoms with Gasteiger partial charge in [-0.1, -0.05) is 18.2 Å². The van der Waals surface area contributed by atoms with E-state index in [9.17, 15) is 18.0 Å². The molecule has 0 spiro atoms. The summed E-state index contributed by atoms with van der Waals surface area (Å²) >= 11 is 0. The molecule has 1 saturated heterocycles. The molecule has 9 heteroatoms. The minimum atomic E-state index is -4.42. The number of carbonyl (C=O) groups is 1. The fraction of sp³-hybridized carbons (Fsp3) is 0.455. The molecule has 0 bridgehead atoms. The number of hydrogen-bond acceptors (Lipinski definition) is 5. The number of rotatable bonds is 9. The maximum atomic E-state index is 12.1. The Balaban J connectivity index is 1.28. The first-order valence-corrected chi connectivity index (χ1v) is 10.4. The highest BCUT2D eigenvalue weighted by Gasteiger charge is 2.28. The van der Waals surface area contributed by atoms with Gasteiger partial charge in [0.1, 0.15) is 0 Å². The first-order chi connectivity index (χ1) is 14.9. The molecule has 3 rings (SSSR count). The minimum Gasteiger partial charge on any atom is -0.468 e. The largest absolute Gasteiger partial charge is 0.468 e. The Morgan fingerprint density at radius 3 is 2.42 bits per heavy atom. The fourth-order valence-corrected chi connectivity index (χ4v) is 3.39. The van der Waals surface area contributed by atoms with Crippen LogP contribution in [-0.4, -0.2) is 67.8 Å². The number of para-hydroxylation sites is 1. The second kappa shape index (κ2) is 11.0. The van der Waals surface area contributed by atoms with Gasteiger partial charge in [-0.25, -0.2) is 4.98 Å². The van der Waals surface area contributed by atoms with Crippen LogP contribution in [0.4, 0.5) is 18.9 Å². The van der Waals surface area contributed by atoms with E-state index in [1.54, 1.807) is 0 Å². The highest BCUT2D eigenvalue weighted by molar-refractivity contribution is 5.93. The predicted molar refractivity (Wildman–Crippen MR) is 112 cm³/mol. The van der Waals surface area contributed by atoms with Crippen LogP contribution in [0.25, 0.3) is 0 Å². The third-order valence-electron chi connectivity index (χ3n) is 5.06. The number of halogens is 3. The number of pyridine rings is 1. The van der Waals surface area contributed by atoms with Crippen LogP contribution in [-0.2, 0) is 0 Å². The number of benzene rings is 1. The van der Waals surface area contributed by atoms with Crippen molar-refractivity contribution in [2.24, 2.45) is 0 Å². The quantitative estimate of drug-likeness (QED) is 0.611. The number of ether oxygens (including phenoxy) is 1. The van der Waals surface area contributed by atoms with Crippen molar-refractivity contribution in [3.63, 3.8) is 0 Å². The molecule has 1 aromatic carbocycles. The van der Waals surface area contributed by atoms with Gasteiger partial charge in [0.25, 0.3) is 5.91 Å². The lowest BCUT2D eigenvalue weighted by Gasteiger charge is -2.36. The van der Waals surface area contributed by atoms with Gasteiger partial charge >= 0.3 is 6.18 Å². The summed E-state index contributed by atoms with van der Waals surface area (Å²) in [5.41, 5.74) is 1.55. The molecule has 1 aromatic heterocycles. The van der Waals surface area contributed by atoms with Crippen LogP contribution in [0.1, 0.15) is 23.2 Å². The summed E-state index contributed by atoms with van der Waals surface area (Å²) in [6.45, 7) is 4.19. The van der Waals surface area contributed by atoms with E-state index in [2.05, 4.69) is 49.1 Å². The summed E-state index contributed by atoms with van der Waals surface area (Å²) in [5.74, 6) is -0.465. The molecule has 0 atom stereocenters. The maximum absolute atomic E-state index is 12.1. The highest BCUT2D eigenvalue weighted by Crippen LogP contribution is 2.17. The minimum absolute atomic E-state index is 0.166. The molecule has 1 N–H and O–H groups in total. The zero-order valence-corrected chi connectivity index (χ0v) is 17.3. The molecular weight excluding hydrogens is 409 g/mol. The number of unbranched alkanes of at least 4 members (excludes halogenated alkanes) is 1. The van der Waals surface area contributed by atoms with Gasteiger partial charge in [-0.2, -0.15) is 13.2 Å². The number of carbonyl (C=O) groups excluding carboxylic acids is 1. The van der Waals surface area contributed by atoms with Crippen molar-refractivity contribution >= 4 is 11.6 Å². The number of alkyl halides is 3. The molecule has 0 unspecified atom stereocenters. The van der Waals surface area contributed by atoms with Gasteiger partial charge in [0, 0.05) is 50.7 Å². The number of anilines is 1. The van der Waals surface area contributed by atoms with Crippen molar-refractivity contribution < 1.29 is 22.7 Å². The Labute approximate surface area is 180 Å². The van der Waals surface area contributed by atoms with Crippen LogP contribution in [0.15, 0.2) is 48.7 Å². The van der Waals surface area contributed by atoms with E-state index >= 15 is 0 Å². The molecular formula is C22H27F3N4O2. The number of aromatic nitrogens is 1. The summed E-state index contributed by atoms with van der Waals surface area (Å²) in [4.78, 5) is 20.7. The topological polar surface area (TPSA) is 57.7 Å². The zero-order chi connectivity index (χ0) is 22.1. The average Bonchev–Trinajstić information content (AvgIpc) is 2.78. The molecule has 1 fully saturated rings. The van der Waals surface area contributed by atoms with E-state index in [4.69, 9.17) is 0 Å². The summed E-state index contributed by atoms with van der Waals surface area (Å²) in [7, 11) is 0. The van der Waals surface area contributed by atoms with E-state index in [0.29, 0.717) is 6.54 Å². The Bertz CT molecular complexity index is 808. The fourth-order valence-electron chi connectivity index (χ4n) is 3.39. The summed E-state index contributed by atoms with van der Waals surface area (Å²) in [6.07, 6.45) is -1.38. The predicted octanol–water partition coefficient (Wildman–Crippen LogP) is 3.35. The van der Waals surface area contributed by atoms with Gasteiger partial charge in [0.05, 0.1) is 5.56 Å². The van der Waals surface area contributed by atoms with Gasteiger partial charge in [0.2, 0.25) is 5.88 Å². The SMILES string of the molecule is O=C(NCCCCN1CCN(c2ccccc2)CC1)c1ccc(OCC(F)(F)F)nc1. The molecule has 0 saturated carbocycles. The lowest BCUT2D eigenvalue weighted by atomic mass is 10.2. The van der Waals surface area contributed by atoms with E-state index < -0.39 is 12.8 Å². The molecule has 31 heavy (non-hydrogen) atoms. The molecule has 168 valence electrons. The number of piperazine rings is 1. The third-order valence-corrected chi connectivity index (χ3v) is 5.06. The van der Waals surface area contributed by atoms with Crippen LogP contribution >= 0.6 is 0 Å². The van der Waals surface area contributed by atoms with Crippen LogP contribution in [0.3, 0.4) is 0 Å². The Morgan fingerprint density at radius 2 is 1.77 bits per heavy atom. The van der Waals surface area contributed by atoms with Crippen LogP contribution in [0.5, 0.6) is 5.88 Å². The van der Waals surface area contributed by atoms with Crippen molar-refractivity contribution in [2.45, 2.75) is 19.0 Å². The maximum Gasteiger partial charge on any atom is 0.422 e. The highest BCUT2D eigenvalue weighted by atomic mass is 19.4.